The minimum Gasteiger partial charge on any atom is -0.481 e. The number of benzene rings is 1. The van der Waals surface area contributed by atoms with Crippen molar-refractivity contribution in [3.8, 4) is 0 Å². The molecule has 0 aliphatic rings. The lowest BCUT2D eigenvalue weighted by atomic mass is 10.00. The van der Waals surface area contributed by atoms with Gasteiger partial charge in [0.05, 0.1) is 12.5 Å². The number of rotatable bonds is 6. The Bertz CT molecular complexity index is 431. The molecule has 1 rings (SSSR count). The van der Waals surface area contributed by atoms with Crippen LogP contribution in [0.1, 0.15) is 5.56 Å². The first-order chi connectivity index (χ1) is 8.79. The third-order valence-corrected chi connectivity index (χ3v) is 2.36. The molecule has 106 valence electrons. The Labute approximate surface area is 106 Å². The molecule has 0 aliphatic heterocycles. The first-order valence-corrected chi connectivity index (χ1v) is 5.40. The lowest BCUT2D eigenvalue weighted by Crippen LogP contribution is -2.26. The van der Waals surface area contributed by atoms with Crippen LogP contribution in [0.2, 0.25) is 0 Å². The number of carboxylic acids is 1. The smallest absolute Gasteiger partial charge is 0.411 e. The van der Waals surface area contributed by atoms with Crippen molar-refractivity contribution in [1.82, 2.24) is 0 Å². The number of carbonyl (C=O) groups is 1. The minimum absolute atomic E-state index is 0.130. The Hall–Kier alpha value is -1.63. The van der Waals surface area contributed by atoms with Gasteiger partial charge in [-0.1, -0.05) is 18.2 Å². The van der Waals surface area contributed by atoms with Crippen LogP contribution in [0.3, 0.4) is 0 Å². The van der Waals surface area contributed by atoms with Gasteiger partial charge in [0.1, 0.15) is 12.4 Å². The zero-order valence-corrected chi connectivity index (χ0v) is 9.78. The molecule has 7 heteroatoms. The van der Waals surface area contributed by atoms with E-state index >= 15 is 0 Å². The van der Waals surface area contributed by atoms with Gasteiger partial charge in [0.15, 0.2) is 0 Å². The van der Waals surface area contributed by atoms with E-state index in [4.69, 9.17) is 5.11 Å². The normalized spacial score (nSPS) is 13.3. The van der Waals surface area contributed by atoms with Crippen molar-refractivity contribution in [2.45, 2.75) is 12.6 Å². The molecule has 1 aromatic rings. The Morgan fingerprint density at radius 2 is 1.95 bits per heavy atom. The molecular formula is C12H12F4O3. The summed E-state index contributed by atoms with van der Waals surface area (Å²) in [7, 11) is 0. The molecule has 1 aromatic carbocycles. The van der Waals surface area contributed by atoms with Crippen LogP contribution in [-0.4, -0.2) is 30.5 Å². The van der Waals surface area contributed by atoms with Crippen LogP contribution in [-0.2, 0) is 16.0 Å². The summed E-state index contributed by atoms with van der Waals surface area (Å²) in [6.07, 6.45) is -4.74. The molecule has 3 nitrogen and oxygen atoms in total. The number of hydrogen-bond donors (Lipinski definition) is 1. The van der Waals surface area contributed by atoms with Crippen molar-refractivity contribution in [2.75, 3.05) is 13.2 Å². The largest absolute Gasteiger partial charge is 0.481 e. The SMILES string of the molecule is O=C(O)C(COCC(F)(F)F)Cc1ccccc1F. The Morgan fingerprint density at radius 3 is 2.47 bits per heavy atom. The van der Waals surface area contributed by atoms with Crippen molar-refractivity contribution in [3.05, 3.63) is 35.6 Å². The Balaban J connectivity index is 2.59. The molecule has 0 spiro atoms. The monoisotopic (exact) mass is 280 g/mol. The topological polar surface area (TPSA) is 46.5 Å². The van der Waals surface area contributed by atoms with Gasteiger partial charge in [-0.3, -0.25) is 4.79 Å². The van der Waals surface area contributed by atoms with E-state index < -0.39 is 37.1 Å². The maximum Gasteiger partial charge on any atom is 0.411 e. The summed E-state index contributed by atoms with van der Waals surface area (Å²) in [5.41, 5.74) is 0.130. The van der Waals surface area contributed by atoms with Crippen molar-refractivity contribution < 1.29 is 32.2 Å². The van der Waals surface area contributed by atoms with Crippen LogP contribution in [0.4, 0.5) is 17.6 Å². The second kappa shape index (κ2) is 6.51. The maximum atomic E-state index is 13.3. The molecule has 19 heavy (non-hydrogen) atoms. The van der Waals surface area contributed by atoms with Crippen LogP contribution < -0.4 is 0 Å². The van der Waals surface area contributed by atoms with Crippen LogP contribution in [0.15, 0.2) is 24.3 Å². The van der Waals surface area contributed by atoms with Gasteiger partial charge in [0.25, 0.3) is 0 Å². The summed E-state index contributed by atoms with van der Waals surface area (Å²) in [6, 6.07) is 5.50. The van der Waals surface area contributed by atoms with Crippen molar-refractivity contribution in [1.29, 1.82) is 0 Å². The molecule has 0 aliphatic carbocycles. The number of ether oxygens (including phenoxy) is 1. The number of carboxylic acid groups (broad SMARTS) is 1. The average Bonchev–Trinajstić information content (AvgIpc) is 2.28. The van der Waals surface area contributed by atoms with E-state index in [9.17, 15) is 22.4 Å². The van der Waals surface area contributed by atoms with E-state index in [-0.39, 0.29) is 12.0 Å². The first-order valence-electron chi connectivity index (χ1n) is 5.40. The third kappa shape index (κ3) is 5.69. The summed E-state index contributed by atoms with van der Waals surface area (Å²) in [6.45, 7) is -2.14. The zero-order valence-electron chi connectivity index (χ0n) is 9.78. The second-order valence-electron chi connectivity index (χ2n) is 3.96. The van der Waals surface area contributed by atoms with Crippen molar-refractivity contribution in [2.24, 2.45) is 5.92 Å². The highest BCUT2D eigenvalue weighted by Crippen LogP contribution is 2.17. The quantitative estimate of drug-likeness (QED) is 0.815. The summed E-state index contributed by atoms with van der Waals surface area (Å²) in [5, 5.41) is 8.87. The molecular weight excluding hydrogens is 268 g/mol. The molecule has 1 N–H and O–H groups in total. The summed E-state index contributed by atoms with van der Waals surface area (Å²) >= 11 is 0. The fourth-order valence-electron chi connectivity index (χ4n) is 1.46. The predicted molar refractivity (Wildman–Crippen MR) is 58.1 cm³/mol. The van der Waals surface area contributed by atoms with E-state index in [2.05, 4.69) is 4.74 Å². The van der Waals surface area contributed by atoms with Gasteiger partial charge in [-0.05, 0) is 18.1 Å². The average molecular weight is 280 g/mol. The number of alkyl halides is 3. The standard InChI is InChI=1S/C12H12F4O3/c13-10-4-2-1-3-8(10)5-9(11(17)18)6-19-7-12(14,15)16/h1-4,9H,5-7H2,(H,17,18). The highest BCUT2D eigenvalue weighted by atomic mass is 19.4. The fraction of sp³-hybridized carbons (Fsp3) is 0.417. The molecule has 0 saturated heterocycles. The molecule has 0 aromatic heterocycles. The highest BCUT2D eigenvalue weighted by Gasteiger charge is 2.29. The van der Waals surface area contributed by atoms with E-state index in [1.165, 1.54) is 18.2 Å². The Morgan fingerprint density at radius 1 is 1.32 bits per heavy atom. The molecule has 0 heterocycles. The first kappa shape index (κ1) is 15.4. The van der Waals surface area contributed by atoms with E-state index in [1.54, 1.807) is 0 Å². The molecule has 0 fully saturated rings. The summed E-state index contributed by atoms with van der Waals surface area (Å²) in [5.74, 6) is -3.14. The van der Waals surface area contributed by atoms with E-state index in [0.29, 0.717) is 0 Å². The number of halogens is 4. The molecule has 0 radical (unpaired) electrons. The van der Waals surface area contributed by atoms with Crippen LogP contribution in [0.25, 0.3) is 0 Å². The minimum atomic E-state index is -4.51. The predicted octanol–water partition coefficient (Wildman–Crippen LogP) is 2.65. The summed E-state index contributed by atoms with van der Waals surface area (Å²) < 4.78 is 53.2. The van der Waals surface area contributed by atoms with Gasteiger partial charge in [0.2, 0.25) is 0 Å². The second-order valence-corrected chi connectivity index (χ2v) is 3.96. The number of hydrogen-bond acceptors (Lipinski definition) is 2. The highest BCUT2D eigenvalue weighted by molar-refractivity contribution is 5.70. The maximum absolute atomic E-state index is 13.3. The van der Waals surface area contributed by atoms with Crippen molar-refractivity contribution in [3.63, 3.8) is 0 Å². The fourth-order valence-corrected chi connectivity index (χ4v) is 1.46. The molecule has 1 unspecified atom stereocenters. The van der Waals surface area contributed by atoms with Gasteiger partial charge in [-0.15, -0.1) is 0 Å². The van der Waals surface area contributed by atoms with Crippen LogP contribution in [0.5, 0.6) is 0 Å². The van der Waals surface area contributed by atoms with Gasteiger partial charge < -0.3 is 9.84 Å². The molecule has 0 amide bonds. The zero-order chi connectivity index (χ0) is 14.5. The Kier molecular flexibility index (Phi) is 5.29. The van der Waals surface area contributed by atoms with E-state index in [0.717, 1.165) is 6.07 Å². The van der Waals surface area contributed by atoms with Gasteiger partial charge in [0, 0.05) is 0 Å². The molecule has 0 saturated carbocycles. The van der Waals surface area contributed by atoms with Gasteiger partial charge in [-0.2, -0.15) is 13.2 Å². The van der Waals surface area contributed by atoms with Gasteiger partial charge in [-0.25, -0.2) is 4.39 Å². The number of aliphatic carboxylic acids is 1. The lowest BCUT2D eigenvalue weighted by Gasteiger charge is -2.14. The van der Waals surface area contributed by atoms with Gasteiger partial charge >= 0.3 is 12.1 Å². The molecule has 1 atom stereocenters. The van der Waals surface area contributed by atoms with E-state index in [1.807, 2.05) is 0 Å². The lowest BCUT2D eigenvalue weighted by molar-refractivity contribution is -0.179. The third-order valence-electron chi connectivity index (χ3n) is 2.36. The van der Waals surface area contributed by atoms with Crippen molar-refractivity contribution >= 4 is 5.97 Å². The molecule has 0 bridgehead atoms. The van der Waals surface area contributed by atoms with Crippen LogP contribution >= 0.6 is 0 Å². The van der Waals surface area contributed by atoms with Crippen LogP contribution in [0, 0.1) is 11.7 Å². The summed E-state index contributed by atoms with van der Waals surface area (Å²) in [4.78, 5) is 10.9.